The van der Waals surface area contributed by atoms with Crippen LogP contribution in [0.3, 0.4) is 0 Å². The van der Waals surface area contributed by atoms with Gasteiger partial charge in [0.05, 0.1) is 10.6 Å². The van der Waals surface area contributed by atoms with Crippen LogP contribution >= 0.6 is 11.8 Å². The summed E-state index contributed by atoms with van der Waals surface area (Å²) in [5.74, 6) is 0.396. The largest absolute Gasteiger partial charge is 0.366 e. The molecular weight excluding hydrogens is 414 g/mol. The number of amidine groups is 1. The molecule has 1 amide bonds. The van der Waals surface area contributed by atoms with E-state index in [1.165, 1.54) is 34.1 Å². The van der Waals surface area contributed by atoms with E-state index in [2.05, 4.69) is 75.0 Å². The van der Waals surface area contributed by atoms with Crippen molar-refractivity contribution in [3.63, 3.8) is 0 Å². The number of carbonyl (C=O) groups excluding carboxylic acids is 1. The number of nitrogens with one attached hydrogen (secondary N) is 1. The zero-order chi connectivity index (χ0) is 23.2. The van der Waals surface area contributed by atoms with Gasteiger partial charge in [-0.25, -0.2) is 4.99 Å². The standard InChI is InChI=1S/C27H33N3OS/c1-8-30-23-12-17(3)20(13-21(23)19(5)15-27(30,6)7)14-24-25(31)29-26(32-24)28-22-10-9-16(2)11-18(22)4/h9-14,19H,8,15H2,1-7H3,(H,28,29,31)/b24-14-. The summed E-state index contributed by atoms with van der Waals surface area (Å²) in [6, 6.07) is 10.7. The highest BCUT2D eigenvalue weighted by Gasteiger charge is 2.36. The Labute approximate surface area is 196 Å². The molecule has 2 aliphatic rings. The maximum Gasteiger partial charge on any atom is 0.264 e. The van der Waals surface area contributed by atoms with E-state index in [1.807, 2.05) is 25.1 Å². The number of fused-ring (bicyclic) bond motifs is 1. The van der Waals surface area contributed by atoms with Gasteiger partial charge in [0, 0.05) is 17.8 Å². The van der Waals surface area contributed by atoms with E-state index in [9.17, 15) is 4.79 Å². The van der Waals surface area contributed by atoms with Crippen molar-refractivity contribution in [1.82, 2.24) is 5.32 Å². The number of aliphatic imine (C=N–C) groups is 1. The van der Waals surface area contributed by atoms with E-state index in [1.54, 1.807) is 0 Å². The second kappa shape index (κ2) is 8.43. The quantitative estimate of drug-likeness (QED) is 0.538. The molecule has 0 bridgehead atoms. The summed E-state index contributed by atoms with van der Waals surface area (Å²) in [5.41, 5.74) is 8.34. The molecule has 168 valence electrons. The summed E-state index contributed by atoms with van der Waals surface area (Å²) in [4.78, 5) is 20.6. The smallest absolute Gasteiger partial charge is 0.264 e. The third kappa shape index (κ3) is 4.23. The van der Waals surface area contributed by atoms with Crippen LogP contribution in [-0.4, -0.2) is 23.2 Å². The zero-order valence-corrected chi connectivity index (χ0v) is 21.0. The Hall–Kier alpha value is -2.53. The number of nitrogens with zero attached hydrogens (tertiary/aromatic N) is 2. The van der Waals surface area contributed by atoms with Crippen molar-refractivity contribution in [3.05, 3.63) is 63.1 Å². The molecule has 1 unspecified atom stereocenters. The van der Waals surface area contributed by atoms with Crippen molar-refractivity contribution in [2.45, 2.75) is 66.3 Å². The Morgan fingerprint density at radius 2 is 1.94 bits per heavy atom. The van der Waals surface area contributed by atoms with Gasteiger partial charge in [0.1, 0.15) is 0 Å². The van der Waals surface area contributed by atoms with Gasteiger partial charge in [-0.1, -0.05) is 24.6 Å². The molecule has 1 saturated heterocycles. The Kier molecular flexibility index (Phi) is 5.97. The molecule has 2 aliphatic heterocycles. The summed E-state index contributed by atoms with van der Waals surface area (Å²) >= 11 is 1.41. The van der Waals surface area contributed by atoms with E-state index < -0.39 is 0 Å². The van der Waals surface area contributed by atoms with Crippen molar-refractivity contribution in [2.24, 2.45) is 4.99 Å². The van der Waals surface area contributed by atoms with Gasteiger partial charge < -0.3 is 10.2 Å². The van der Waals surface area contributed by atoms with Gasteiger partial charge >= 0.3 is 0 Å². The van der Waals surface area contributed by atoms with Gasteiger partial charge in [0.25, 0.3) is 5.91 Å². The minimum absolute atomic E-state index is 0.0833. The van der Waals surface area contributed by atoms with Crippen LogP contribution in [-0.2, 0) is 4.79 Å². The van der Waals surface area contributed by atoms with E-state index >= 15 is 0 Å². The summed E-state index contributed by atoms with van der Waals surface area (Å²) in [6.07, 6.45) is 3.14. The predicted molar refractivity (Wildman–Crippen MR) is 138 cm³/mol. The average molecular weight is 448 g/mol. The number of anilines is 1. The highest BCUT2D eigenvalue weighted by atomic mass is 32.2. The zero-order valence-electron chi connectivity index (χ0n) is 20.2. The van der Waals surface area contributed by atoms with Crippen LogP contribution in [0.15, 0.2) is 40.2 Å². The number of hydrogen-bond acceptors (Lipinski definition) is 4. The van der Waals surface area contributed by atoms with E-state index in [0.29, 0.717) is 16.0 Å². The van der Waals surface area contributed by atoms with Crippen LogP contribution in [0.1, 0.15) is 67.9 Å². The lowest BCUT2D eigenvalue weighted by atomic mass is 9.79. The van der Waals surface area contributed by atoms with Gasteiger partial charge in [-0.3, -0.25) is 4.79 Å². The van der Waals surface area contributed by atoms with Crippen LogP contribution in [0.25, 0.3) is 6.08 Å². The number of aryl methyl sites for hydroxylation is 3. The van der Waals surface area contributed by atoms with Crippen molar-refractivity contribution < 1.29 is 4.79 Å². The Morgan fingerprint density at radius 1 is 1.19 bits per heavy atom. The molecule has 4 rings (SSSR count). The van der Waals surface area contributed by atoms with Gasteiger partial charge in [-0.15, -0.1) is 0 Å². The van der Waals surface area contributed by atoms with Crippen LogP contribution in [0.2, 0.25) is 0 Å². The fourth-order valence-electron chi connectivity index (χ4n) is 5.07. The molecule has 0 aliphatic carbocycles. The average Bonchev–Trinajstić information content (AvgIpc) is 3.04. The third-order valence-corrected chi connectivity index (χ3v) is 7.51. The molecule has 2 aromatic rings. The number of carbonyl (C=O) groups is 1. The van der Waals surface area contributed by atoms with E-state index in [-0.39, 0.29) is 11.4 Å². The Bertz CT molecular complexity index is 1150. The molecule has 1 atom stereocenters. The van der Waals surface area contributed by atoms with Gasteiger partial charge in [0.2, 0.25) is 0 Å². The molecular formula is C27H33N3OS. The molecule has 32 heavy (non-hydrogen) atoms. The number of thioether (sulfide) groups is 1. The summed E-state index contributed by atoms with van der Waals surface area (Å²) in [7, 11) is 0. The van der Waals surface area contributed by atoms with E-state index in [4.69, 9.17) is 0 Å². The first kappa shape index (κ1) is 22.7. The lowest BCUT2D eigenvalue weighted by Crippen LogP contribution is -2.48. The van der Waals surface area contributed by atoms with Gasteiger partial charge in [-0.05, 0) is 112 Å². The molecule has 0 saturated carbocycles. The van der Waals surface area contributed by atoms with Crippen molar-refractivity contribution >= 4 is 40.3 Å². The van der Waals surface area contributed by atoms with Crippen LogP contribution < -0.4 is 10.2 Å². The van der Waals surface area contributed by atoms with E-state index in [0.717, 1.165) is 29.8 Å². The summed E-state index contributed by atoms with van der Waals surface area (Å²) < 4.78 is 0. The molecule has 1 N–H and O–H groups in total. The Morgan fingerprint density at radius 3 is 2.62 bits per heavy atom. The number of benzene rings is 2. The molecule has 5 heteroatoms. The van der Waals surface area contributed by atoms with Crippen molar-refractivity contribution in [1.29, 1.82) is 0 Å². The maximum atomic E-state index is 12.7. The highest BCUT2D eigenvalue weighted by Crippen LogP contribution is 2.44. The topological polar surface area (TPSA) is 44.7 Å². The number of hydrogen-bond donors (Lipinski definition) is 1. The van der Waals surface area contributed by atoms with Gasteiger partial charge in [-0.2, -0.15) is 0 Å². The SMILES string of the molecule is CCN1c2cc(C)c(/C=C3\SC(=Nc4ccc(C)cc4C)NC3=O)cc2C(C)CC1(C)C. The molecule has 0 spiro atoms. The van der Waals surface area contributed by atoms with Crippen molar-refractivity contribution in [3.8, 4) is 0 Å². The lowest BCUT2D eigenvalue weighted by molar-refractivity contribution is -0.115. The molecule has 1 fully saturated rings. The second-order valence-corrected chi connectivity index (χ2v) is 10.7. The monoisotopic (exact) mass is 447 g/mol. The van der Waals surface area contributed by atoms with Gasteiger partial charge in [0.15, 0.2) is 5.17 Å². The van der Waals surface area contributed by atoms with Crippen LogP contribution in [0.5, 0.6) is 0 Å². The molecule has 0 aromatic heterocycles. The van der Waals surface area contributed by atoms with Crippen LogP contribution in [0.4, 0.5) is 11.4 Å². The second-order valence-electron chi connectivity index (χ2n) is 9.70. The molecule has 0 radical (unpaired) electrons. The minimum atomic E-state index is -0.0833. The first-order chi connectivity index (χ1) is 15.1. The lowest BCUT2D eigenvalue weighted by Gasteiger charge is -2.47. The predicted octanol–water partition coefficient (Wildman–Crippen LogP) is 6.62. The first-order valence-electron chi connectivity index (χ1n) is 11.4. The molecule has 4 nitrogen and oxygen atoms in total. The van der Waals surface area contributed by atoms with Crippen LogP contribution in [0, 0.1) is 20.8 Å². The number of amides is 1. The van der Waals surface area contributed by atoms with Crippen molar-refractivity contribution in [2.75, 3.05) is 11.4 Å². The normalized spacial score (nSPS) is 22.4. The Balaban J connectivity index is 1.67. The molecule has 2 heterocycles. The first-order valence-corrected chi connectivity index (χ1v) is 12.2. The summed E-state index contributed by atoms with van der Waals surface area (Å²) in [6.45, 7) is 16.4. The minimum Gasteiger partial charge on any atom is -0.366 e. The third-order valence-electron chi connectivity index (χ3n) is 6.60. The molecule has 2 aromatic carbocycles. The summed E-state index contributed by atoms with van der Waals surface area (Å²) in [5, 5.41) is 3.56. The number of rotatable bonds is 3. The fraction of sp³-hybridized carbons (Fsp3) is 0.407. The maximum absolute atomic E-state index is 12.7. The highest BCUT2D eigenvalue weighted by molar-refractivity contribution is 8.18. The fourth-order valence-corrected chi connectivity index (χ4v) is 5.89.